The second-order valence-corrected chi connectivity index (χ2v) is 32.4. The lowest BCUT2D eigenvalue weighted by atomic mass is 10.1. The van der Waals surface area contributed by atoms with Gasteiger partial charge in [-0.25, -0.2) is 39.3 Å². The monoisotopic (exact) mass is 586 g/mol. The van der Waals surface area contributed by atoms with Gasteiger partial charge in [-0.15, -0.1) is 0 Å². The van der Waals surface area contributed by atoms with Gasteiger partial charge in [-0.2, -0.15) is 0 Å². The van der Waals surface area contributed by atoms with E-state index in [2.05, 4.69) is 41.8 Å². The summed E-state index contributed by atoms with van der Waals surface area (Å²) < 4.78 is 4.36. The highest BCUT2D eigenvalue weighted by atomic mass is 127. The van der Waals surface area contributed by atoms with Gasteiger partial charge in [0, 0.05) is 0 Å². The van der Waals surface area contributed by atoms with Crippen LogP contribution in [0.4, 0.5) is 0 Å². The molecule has 0 N–H and O–H groups in total. The Labute approximate surface area is 183 Å². The Balaban J connectivity index is 0. The van der Waals surface area contributed by atoms with Crippen molar-refractivity contribution in [3.05, 3.63) is 18.7 Å². The fraction of sp³-hybridized carbons (Fsp3) is 0.750. The summed E-state index contributed by atoms with van der Waals surface area (Å²) in [5.74, 6) is 0. The van der Waals surface area contributed by atoms with Crippen molar-refractivity contribution in [2.45, 2.75) is 52.0 Å². The lowest BCUT2D eigenvalue weighted by molar-refractivity contribution is -0.671. The molecule has 0 fully saturated rings. The zero-order valence-corrected chi connectivity index (χ0v) is 22.4. The molecule has 0 aliphatic carbocycles. The quantitative estimate of drug-likeness (QED) is 0.141. The molecule has 0 unspecified atom stereocenters. The summed E-state index contributed by atoms with van der Waals surface area (Å²) in [6.45, 7) is 3.44. The van der Waals surface area contributed by atoms with Gasteiger partial charge in [0.2, 0.25) is 6.33 Å². The zero-order valence-electron chi connectivity index (χ0n) is 13.4. The molecule has 0 bridgehead atoms. The summed E-state index contributed by atoms with van der Waals surface area (Å²) in [6.07, 6.45) is 14.6. The van der Waals surface area contributed by atoms with E-state index in [-0.39, 0.29) is 0 Å². The smallest absolute Gasteiger partial charge is 0.397 e. The molecule has 136 valence electrons. The summed E-state index contributed by atoms with van der Waals surface area (Å²) >= 11 is 0.118. The fourth-order valence-electron chi connectivity index (χ4n) is 1.71. The Morgan fingerprint density at radius 1 is 1.04 bits per heavy atom. The molecule has 0 spiro atoms. The molecule has 1 heterocycles. The number of halogens is 7. The predicted octanol–water partition coefficient (Wildman–Crippen LogP) is 6.93. The molecule has 23 heavy (non-hydrogen) atoms. The van der Waals surface area contributed by atoms with Crippen molar-refractivity contribution in [2.24, 2.45) is 7.05 Å². The van der Waals surface area contributed by atoms with E-state index in [4.69, 9.17) is 60.3 Å². The lowest BCUT2D eigenvalue weighted by Crippen LogP contribution is -2.23. The van der Waals surface area contributed by atoms with E-state index in [1.54, 1.807) is 0 Å². The van der Waals surface area contributed by atoms with Crippen molar-refractivity contribution in [3.63, 3.8) is 0 Å². The average molecular weight is 589 g/mol. The summed E-state index contributed by atoms with van der Waals surface area (Å²) in [4.78, 5) is 0. The molecule has 0 radical (unpaired) electrons. The van der Waals surface area contributed by atoms with Gasteiger partial charge < -0.3 is 50.4 Å². The molecule has 1 aromatic rings. The minimum Gasteiger partial charge on any atom is -0.397 e. The van der Waals surface area contributed by atoms with Gasteiger partial charge in [0.25, 0.3) is 0 Å². The third kappa shape index (κ3) is 32.8. The Bertz CT molecular complexity index is 368. The van der Waals surface area contributed by atoms with Crippen LogP contribution < -0.4 is 4.57 Å². The SMILES string of the molecule is CCCCCCCCn1cc[n+](C)c1.[Cl][Al-]([Cl])([Cl])[I].[Cl][Al]([Cl])[Cl]. The van der Waals surface area contributed by atoms with Crippen LogP contribution in [0.3, 0.4) is 0 Å². The third-order valence-corrected chi connectivity index (χ3v) is 2.59. The van der Waals surface area contributed by atoms with E-state index in [0.29, 0.717) is 0 Å². The number of hydrogen-bond acceptors (Lipinski definition) is 0. The van der Waals surface area contributed by atoms with Gasteiger partial charge in [-0.05, 0) is 12.8 Å². The van der Waals surface area contributed by atoms with Crippen molar-refractivity contribution in [1.82, 2.24) is 4.57 Å². The van der Waals surface area contributed by atoms with E-state index in [9.17, 15) is 0 Å². The maximum absolute atomic E-state index is 5.21. The first kappa shape index (κ1) is 28.0. The Morgan fingerprint density at radius 2 is 1.48 bits per heavy atom. The van der Waals surface area contributed by atoms with Crippen LogP contribution in [0, 0.1) is 0 Å². The van der Waals surface area contributed by atoms with Crippen LogP contribution in [0.25, 0.3) is 0 Å². The van der Waals surface area contributed by atoms with Gasteiger partial charge in [0.1, 0.15) is 12.4 Å². The first-order chi connectivity index (χ1) is 10.6. The Hall–Kier alpha value is 2.74. The van der Waals surface area contributed by atoms with Crippen LogP contribution in [0.5, 0.6) is 0 Å². The molecule has 1 aromatic heterocycles. The summed E-state index contributed by atoms with van der Waals surface area (Å²) in [5.41, 5.74) is 0. The maximum Gasteiger partial charge on any atom is 0.643 e. The van der Waals surface area contributed by atoms with Crippen molar-refractivity contribution in [3.8, 4) is 0 Å². The number of unbranched alkanes of at least 4 members (excludes halogenated alkanes) is 5. The van der Waals surface area contributed by atoms with Crippen LogP contribution in [-0.4, -0.2) is 23.0 Å². The topological polar surface area (TPSA) is 8.81 Å². The highest BCUT2D eigenvalue weighted by Gasteiger charge is 2.13. The normalized spacial score (nSPS) is 10.3. The summed E-state index contributed by atoms with van der Waals surface area (Å²) in [5, 5.41) is 0. The number of nitrogens with zero attached hydrogens (tertiary/aromatic N) is 2. The molecule has 0 amide bonds. The van der Waals surface area contributed by atoms with Crippen molar-refractivity contribution in [2.75, 3.05) is 0 Å². The van der Waals surface area contributed by atoms with Crippen molar-refractivity contribution >= 4 is 99.0 Å². The zero-order chi connectivity index (χ0) is 18.3. The molecule has 0 aromatic carbocycles. The van der Waals surface area contributed by atoms with E-state index in [1.807, 2.05) is 20.3 Å². The minimum absolute atomic E-state index is 1.17. The molecule has 0 atom stereocenters. The Kier molecular flexibility index (Phi) is 22.0. The maximum atomic E-state index is 5.21. The second kappa shape index (κ2) is 18.1. The summed E-state index contributed by atoms with van der Waals surface area (Å²) in [6, 6.07) is 0. The highest BCUT2D eigenvalue weighted by Crippen LogP contribution is 2.26. The van der Waals surface area contributed by atoms with Gasteiger partial charge in [-0.3, -0.25) is 0 Å². The first-order valence-corrected chi connectivity index (χ1v) is 22.0. The van der Waals surface area contributed by atoms with E-state index in [0.717, 1.165) is 0 Å². The first-order valence-electron chi connectivity index (χ1n) is 7.36. The number of hydrogen-bond donors (Lipinski definition) is 0. The molecule has 0 aliphatic heterocycles. The molecule has 11 heteroatoms. The minimum atomic E-state index is -2.45. The third-order valence-electron chi connectivity index (χ3n) is 2.59. The van der Waals surface area contributed by atoms with E-state index < -0.39 is 18.4 Å². The van der Waals surface area contributed by atoms with Gasteiger partial charge in [0.05, 0.1) is 13.6 Å². The van der Waals surface area contributed by atoms with Crippen LogP contribution in [0.1, 0.15) is 45.4 Å². The number of aryl methyl sites for hydroxylation is 2. The van der Waals surface area contributed by atoms with Crippen molar-refractivity contribution in [1.29, 1.82) is 0 Å². The molecule has 1 rings (SSSR count). The molecular weight excluding hydrogens is 566 g/mol. The van der Waals surface area contributed by atoms with Gasteiger partial charge >= 0.3 is 18.4 Å². The molecule has 0 saturated heterocycles. The van der Waals surface area contributed by atoms with Crippen molar-refractivity contribution < 1.29 is 4.57 Å². The lowest BCUT2D eigenvalue weighted by Gasteiger charge is -1.98. The van der Waals surface area contributed by atoms with Crippen LogP contribution >= 0.6 is 80.6 Å². The molecule has 0 aliphatic rings. The predicted molar refractivity (Wildman–Crippen MR) is 120 cm³/mol. The molecule has 2 nitrogen and oxygen atoms in total. The van der Waals surface area contributed by atoms with Gasteiger partial charge in [0.15, 0.2) is 0 Å². The number of rotatable bonds is 7. The van der Waals surface area contributed by atoms with Crippen LogP contribution in [0.15, 0.2) is 18.7 Å². The summed E-state index contributed by atoms with van der Waals surface area (Å²) in [7, 11) is 30.1. The fourth-order valence-corrected chi connectivity index (χ4v) is 1.71. The largest absolute Gasteiger partial charge is 0.643 e. The average Bonchev–Trinajstić information content (AvgIpc) is 2.77. The standard InChI is InChI=1S/C12H23N2.2Al.6ClH.HI/c1-3-4-5-6-7-8-9-14-11-10-13(2)12-14;;;;;;;;;/h10-12H,3-9H2,1-2H3;;;7*1H/q+1;2*+3;;;;;;;/p-7. The van der Waals surface area contributed by atoms with E-state index in [1.165, 1.54) is 45.1 Å². The molecular formula is C12H23Al2Cl6IN2. The number of imidazole rings is 1. The number of aromatic nitrogens is 2. The van der Waals surface area contributed by atoms with E-state index >= 15 is 0 Å². The molecule has 0 saturated carbocycles. The van der Waals surface area contributed by atoms with Gasteiger partial charge in [-0.1, -0.05) is 32.6 Å². The van der Waals surface area contributed by atoms with Crippen LogP contribution in [0.2, 0.25) is 0 Å². The van der Waals surface area contributed by atoms with Crippen LogP contribution in [-0.2, 0) is 13.6 Å². The highest BCUT2D eigenvalue weighted by molar-refractivity contribution is 14.1. The Morgan fingerprint density at radius 3 is 1.87 bits per heavy atom. The second-order valence-electron chi connectivity index (χ2n) is 4.83.